The molecule has 2 rings (SSSR count). The summed E-state index contributed by atoms with van der Waals surface area (Å²) in [7, 11) is -3.43. The summed E-state index contributed by atoms with van der Waals surface area (Å²) in [5, 5.41) is 5.14. The lowest BCUT2D eigenvalue weighted by molar-refractivity contribution is 0.143. The van der Waals surface area contributed by atoms with Crippen molar-refractivity contribution in [1.82, 2.24) is 9.88 Å². The molecule has 0 aliphatic carbocycles. The highest BCUT2D eigenvalue weighted by atomic mass is 32.2. The first-order valence-electron chi connectivity index (χ1n) is 6.10. The Bertz CT molecular complexity index is 497. The van der Waals surface area contributed by atoms with E-state index in [2.05, 4.69) is 9.88 Å². The molecular formula is C11H19N3O3S. The summed E-state index contributed by atoms with van der Waals surface area (Å²) in [6.07, 6.45) is 4.68. The van der Waals surface area contributed by atoms with Crippen LogP contribution in [0.2, 0.25) is 0 Å². The van der Waals surface area contributed by atoms with E-state index in [9.17, 15) is 8.42 Å². The van der Waals surface area contributed by atoms with Gasteiger partial charge in [-0.2, -0.15) is 0 Å². The molecule has 2 heterocycles. The van der Waals surface area contributed by atoms with Gasteiger partial charge in [0.2, 0.25) is 10.0 Å². The lowest BCUT2D eigenvalue weighted by Crippen LogP contribution is -2.44. The fraction of sp³-hybridized carbons (Fsp3) is 0.727. The van der Waals surface area contributed by atoms with Gasteiger partial charge in [-0.25, -0.2) is 18.5 Å². The Morgan fingerprint density at radius 2 is 2.33 bits per heavy atom. The molecule has 18 heavy (non-hydrogen) atoms. The van der Waals surface area contributed by atoms with Gasteiger partial charge in [0.15, 0.2) is 5.89 Å². The maximum absolute atomic E-state index is 11.2. The van der Waals surface area contributed by atoms with Crippen LogP contribution >= 0.6 is 0 Å². The fourth-order valence-electron chi connectivity index (χ4n) is 2.40. The molecule has 0 aromatic carbocycles. The van der Waals surface area contributed by atoms with Crippen molar-refractivity contribution in [3.8, 4) is 0 Å². The van der Waals surface area contributed by atoms with Crippen LogP contribution in [-0.2, 0) is 16.6 Å². The van der Waals surface area contributed by atoms with Gasteiger partial charge in [0, 0.05) is 13.0 Å². The minimum absolute atomic E-state index is 0.0140. The zero-order valence-corrected chi connectivity index (χ0v) is 11.3. The summed E-state index contributed by atoms with van der Waals surface area (Å²) in [5.74, 6) is 1.42. The number of oxazole rings is 1. The highest BCUT2D eigenvalue weighted by Crippen LogP contribution is 2.20. The van der Waals surface area contributed by atoms with E-state index in [4.69, 9.17) is 9.56 Å². The van der Waals surface area contributed by atoms with Gasteiger partial charge in [-0.3, -0.25) is 4.90 Å². The molecule has 1 atom stereocenters. The molecule has 1 fully saturated rings. The van der Waals surface area contributed by atoms with Crippen LogP contribution in [0.25, 0.3) is 0 Å². The minimum atomic E-state index is -3.43. The minimum Gasteiger partial charge on any atom is -0.445 e. The number of nitrogens with two attached hydrogens (primary N) is 1. The average molecular weight is 273 g/mol. The van der Waals surface area contributed by atoms with Crippen molar-refractivity contribution in [2.75, 3.05) is 12.3 Å². The predicted octanol–water partition coefficient (Wildman–Crippen LogP) is 0.626. The predicted molar refractivity (Wildman–Crippen MR) is 67.3 cm³/mol. The molecule has 102 valence electrons. The Morgan fingerprint density at radius 3 is 2.94 bits per heavy atom. The van der Waals surface area contributed by atoms with E-state index in [0.717, 1.165) is 31.6 Å². The van der Waals surface area contributed by atoms with Gasteiger partial charge in [0.1, 0.15) is 5.76 Å². The van der Waals surface area contributed by atoms with Gasteiger partial charge >= 0.3 is 0 Å². The quantitative estimate of drug-likeness (QED) is 0.869. The standard InChI is InChI=1S/C11H19N3O3S/c1-9-13-6-11(17-9)7-14-5-3-2-4-10(14)8-18(12,15)16/h6,10H,2-5,7-8H2,1H3,(H2,12,15,16). The van der Waals surface area contributed by atoms with Gasteiger partial charge in [0.25, 0.3) is 0 Å². The van der Waals surface area contributed by atoms with Crippen LogP contribution in [0.15, 0.2) is 10.6 Å². The normalized spacial score (nSPS) is 22.2. The molecule has 1 saturated heterocycles. The summed E-state index contributed by atoms with van der Waals surface area (Å²) in [4.78, 5) is 6.16. The van der Waals surface area contributed by atoms with Crippen molar-refractivity contribution in [1.29, 1.82) is 0 Å². The molecule has 1 unspecified atom stereocenters. The zero-order valence-electron chi connectivity index (χ0n) is 10.5. The molecule has 0 radical (unpaired) electrons. The second-order valence-electron chi connectivity index (χ2n) is 4.80. The smallest absolute Gasteiger partial charge is 0.210 e. The Balaban J connectivity index is 2.03. The number of likely N-dealkylation sites (tertiary alicyclic amines) is 1. The first-order valence-corrected chi connectivity index (χ1v) is 7.81. The molecule has 2 N–H and O–H groups in total. The van der Waals surface area contributed by atoms with Gasteiger partial charge < -0.3 is 4.42 Å². The van der Waals surface area contributed by atoms with Crippen LogP contribution in [0.4, 0.5) is 0 Å². The van der Waals surface area contributed by atoms with Crippen molar-refractivity contribution in [3.05, 3.63) is 17.8 Å². The molecule has 6 nitrogen and oxygen atoms in total. The Hall–Kier alpha value is -0.920. The molecule has 1 aromatic heterocycles. The average Bonchev–Trinajstić information content (AvgIpc) is 2.65. The number of primary sulfonamides is 1. The van der Waals surface area contributed by atoms with E-state index >= 15 is 0 Å². The first-order chi connectivity index (χ1) is 8.44. The molecule has 7 heteroatoms. The van der Waals surface area contributed by atoms with Crippen molar-refractivity contribution in [2.45, 2.75) is 38.8 Å². The number of piperidine rings is 1. The van der Waals surface area contributed by atoms with E-state index in [0.29, 0.717) is 12.4 Å². The van der Waals surface area contributed by atoms with E-state index in [1.54, 1.807) is 13.1 Å². The lowest BCUT2D eigenvalue weighted by Gasteiger charge is -2.34. The molecule has 0 amide bonds. The second kappa shape index (κ2) is 5.38. The number of hydrogen-bond donors (Lipinski definition) is 1. The van der Waals surface area contributed by atoms with E-state index in [-0.39, 0.29) is 11.8 Å². The largest absolute Gasteiger partial charge is 0.445 e. The summed E-state index contributed by atoms with van der Waals surface area (Å²) in [5.41, 5.74) is 0. The number of sulfonamides is 1. The van der Waals surface area contributed by atoms with Gasteiger partial charge in [-0.15, -0.1) is 0 Å². The molecule has 0 spiro atoms. The van der Waals surface area contributed by atoms with Crippen molar-refractivity contribution in [2.24, 2.45) is 5.14 Å². The molecule has 0 saturated carbocycles. The van der Waals surface area contributed by atoms with Crippen molar-refractivity contribution < 1.29 is 12.8 Å². The van der Waals surface area contributed by atoms with E-state index < -0.39 is 10.0 Å². The van der Waals surface area contributed by atoms with Gasteiger partial charge in [0.05, 0.1) is 18.5 Å². The molecular weight excluding hydrogens is 254 g/mol. The summed E-state index contributed by atoms with van der Waals surface area (Å²) in [6, 6.07) is -0.0147. The summed E-state index contributed by atoms with van der Waals surface area (Å²) >= 11 is 0. The summed E-state index contributed by atoms with van der Waals surface area (Å²) in [6.45, 7) is 3.27. The highest BCUT2D eigenvalue weighted by Gasteiger charge is 2.26. The van der Waals surface area contributed by atoms with Crippen molar-refractivity contribution >= 4 is 10.0 Å². The van der Waals surface area contributed by atoms with Crippen LogP contribution < -0.4 is 5.14 Å². The zero-order chi connectivity index (χ0) is 13.2. The second-order valence-corrected chi connectivity index (χ2v) is 6.45. The Kier molecular flexibility index (Phi) is 4.04. The third-order valence-corrected chi connectivity index (χ3v) is 4.05. The Labute approximate surface area is 107 Å². The molecule has 1 aromatic rings. The lowest BCUT2D eigenvalue weighted by atomic mass is 10.0. The van der Waals surface area contributed by atoms with Crippen LogP contribution in [0.1, 0.15) is 30.9 Å². The number of hydrogen-bond acceptors (Lipinski definition) is 5. The van der Waals surface area contributed by atoms with Crippen molar-refractivity contribution in [3.63, 3.8) is 0 Å². The maximum atomic E-state index is 11.2. The number of rotatable bonds is 4. The highest BCUT2D eigenvalue weighted by molar-refractivity contribution is 7.89. The van der Waals surface area contributed by atoms with Crippen LogP contribution in [0.3, 0.4) is 0 Å². The molecule has 1 aliphatic rings. The molecule has 0 bridgehead atoms. The maximum Gasteiger partial charge on any atom is 0.210 e. The SMILES string of the molecule is Cc1ncc(CN2CCCCC2CS(N)(=O)=O)o1. The van der Waals surface area contributed by atoms with Crippen LogP contribution in [0.5, 0.6) is 0 Å². The van der Waals surface area contributed by atoms with Crippen LogP contribution in [-0.4, -0.2) is 36.6 Å². The van der Waals surface area contributed by atoms with Gasteiger partial charge in [-0.05, 0) is 19.4 Å². The molecule has 1 aliphatic heterocycles. The topological polar surface area (TPSA) is 89.4 Å². The third kappa shape index (κ3) is 3.79. The third-order valence-electron chi connectivity index (χ3n) is 3.20. The Morgan fingerprint density at radius 1 is 1.56 bits per heavy atom. The fourth-order valence-corrected chi connectivity index (χ4v) is 3.32. The monoisotopic (exact) mass is 273 g/mol. The summed E-state index contributed by atoms with van der Waals surface area (Å²) < 4.78 is 27.9. The van der Waals surface area contributed by atoms with E-state index in [1.807, 2.05) is 0 Å². The first kappa shape index (κ1) is 13.5. The number of nitrogens with zero attached hydrogens (tertiary/aromatic N) is 2. The van der Waals surface area contributed by atoms with Crippen LogP contribution in [0, 0.1) is 6.92 Å². The number of aryl methyl sites for hydroxylation is 1. The van der Waals surface area contributed by atoms with Gasteiger partial charge in [-0.1, -0.05) is 6.42 Å². The van der Waals surface area contributed by atoms with E-state index in [1.165, 1.54) is 0 Å². The number of aromatic nitrogens is 1.